The van der Waals surface area contributed by atoms with Gasteiger partial charge < -0.3 is 10.1 Å². The van der Waals surface area contributed by atoms with Crippen molar-refractivity contribution in [3.05, 3.63) is 30.6 Å². The third kappa shape index (κ3) is 2.19. The molecule has 1 aromatic carbocycles. The van der Waals surface area contributed by atoms with Gasteiger partial charge in [0, 0.05) is 17.6 Å². The Morgan fingerprint density at radius 2 is 2.33 bits per heavy atom. The zero-order valence-electron chi connectivity index (χ0n) is 10.2. The first kappa shape index (κ1) is 11.2. The third-order valence-electron chi connectivity index (χ3n) is 3.08. The summed E-state index contributed by atoms with van der Waals surface area (Å²) >= 11 is 0. The van der Waals surface area contributed by atoms with Crippen LogP contribution in [-0.2, 0) is 4.74 Å². The number of hydrogen-bond donors (Lipinski definition) is 1. The summed E-state index contributed by atoms with van der Waals surface area (Å²) in [5.41, 5.74) is 2.27. The molecule has 6 heteroatoms. The Morgan fingerprint density at radius 1 is 1.44 bits per heavy atom. The molecular weight excluding hydrogens is 230 g/mol. The number of rotatable bonds is 4. The number of anilines is 1. The van der Waals surface area contributed by atoms with E-state index in [9.17, 15) is 0 Å². The molecule has 0 saturated carbocycles. The van der Waals surface area contributed by atoms with E-state index >= 15 is 0 Å². The van der Waals surface area contributed by atoms with Gasteiger partial charge in [-0.15, -0.1) is 5.10 Å². The zero-order chi connectivity index (χ0) is 12.4. The molecule has 2 heterocycles. The molecule has 0 unspecified atom stereocenters. The number of ether oxygens (including phenoxy) is 1. The molecule has 1 N–H and O–H groups in total. The van der Waals surface area contributed by atoms with Gasteiger partial charge in [0.15, 0.2) is 0 Å². The van der Waals surface area contributed by atoms with E-state index in [1.807, 2.05) is 24.3 Å². The van der Waals surface area contributed by atoms with Crippen molar-refractivity contribution in [1.82, 2.24) is 20.2 Å². The smallest absolute Gasteiger partial charge is 0.143 e. The molecule has 1 fully saturated rings. The van der Waals surface area contributed by atoms with E-state index in [-0.39, 0.29) is 5.41 Å². The first-order chi connectivity index (χ1) is 8.75. The minimum Gasteiger partial charge on any atom is -0.384 e. The predicted molar refractivity (Wildman–Crippen MR) is 66.6 cm³/mol. The van der Waals surface area contributed by atoms with Crippen molar-refractivity contribution >= 4 is 5.69 Å². The standard InChI is InChI=1S/C12H15N5O/c1-12(7-18-8-12)6-13-10-3-2-4-11(5-10)17-9-14-15-16-17/h2-5,9,13H,6-8H2,1H3. The molecule has 1 aliphatic heterocycles. The molecule has 2 aromatic rings. The number of aromatic nitrogens is 4. The molecule has 0 spiro atoms. The number of nitrogens with zero attached hydrogens (tertiary/aromatic N) is 4. The maximum atomic E-state index is 5.24. The van der Waals surface area contributed by atoms with Gasteiger partial charge in [-0.25, -0.2) is 4.68 Å². The lowest BCUT2D eigenvalue weighted by molar-refractivity contribution is -0.0924. The molecule has 1 aliphatic rings. The normalized spacial score (nSPS) is 17.2. The van der Waals surface area contributed by atoms with Crippen LogP contribution in [0.15, 0.2) is 30.6 Å². The fourth-order valence-corrected chi connectivity index (χ4v) is 1.91. The highest BCUT2D eigenvalue weighted by molar-refractivity contribution is 5.50. The Hall–Kier alpha value is -1.95. The number of hydrogen-bond acceptors (Lipinski definition) is 5. The summed E-state index contributed by atoms with van der Waals surface area (Å²) in [4.78, 5) is 0. The summed E-state index contributed by atoms with van der Waals surface area (Å²) in [5.74, 6) is 0. The van der Waals surface area contributed by atoms with Crippen LogP contribution in [0.2, 0.25) is 0 Å². The van der Waals surface area contributed by atoms with Gasteiger partial charge in [0.25, 0.3) is 0 Å². The van der Waals surface area contributed by atoms with E-state index in [2.05, 4.69) is 27.8 Å². The molecule has 0 radical (unpaired) electrons. The second-order valence-electron chi connectivity index (χ2n) is 4.96. The highest BCUT2D eigenvalue weighted by atomic mass is 16.5. The van der Waals surface area contributed by atoms with Crippen molar-refractivity contribution in [2.24, 2.45) is 5.41 Å². The SMILES string of the molecule is CC1(CNc2cccc(-n3cnnn3)c2)COC1. The minimum absolute atomic E-state index is 0.255. The van der Waals surface area contributed by atoms with Gasteiger partial charge in [-0.3, -0.25) is 0 Å². The molecule has 94 valence electrons. The van der Waals surface area contributed by atoms with Gasteiger partial charge in [-0.05, 0) is 28.6 Å². The maximum absolute atomic E-state index is 5.24. The van der Waals surface area contributed by atoms with E-state index < -0.39 is 0 Å². The van der Waals surface area contributed by atoms with Gasteiger partial charge in [0.1, 0.15) is 6.33 Å². The average molecular weight is 245 g/mol. The Kier molecular flexibility index (Phi) is 2.71. The van der Waals surface area contributed by atoms with E-state index in [0.717, 1.165) is 31.1 Å². The Labute approximate surface area is 105 Å². The van der Waals surface area contributed by atoms with E-state index in [0.29, 0.717) is 0 Å². The molecule has 3 rings (SSSR count). The van der Waals surface area contributed by atoms with Gasteiger partial charge in [-0.1, -0.05) is 13.0 Å². The number of tetrazole rings is 1. The van der Waals surface area contributed by atoms with Crippen LogP contribution < -0.4 is 5.32 Å². The summed E-state index contributed by atoms with van der Waals surface area (Å²) in [6.45, 7) is 4.78. The molecular formula is C12H15N5O. The van der Waals surface area contributed by atoms with Crippen LogP contribution >= 0.6 is 0 Å². The monoisotopic (exact) mass is 245 g/mol. The molecule has 0 bridgehead atoms. The van der Waals surface area contributed by atoms with Gasteiger partial charge in [0.05, 0.1) is 18.9 Å². The lowest BCUT2D eigenvalue weighted by Crippen LogP contribution is -2.45. The summed E-state index contributed by atoms with van der Waals surface area (Å²) in [7, 11) is 0. The Bertz CT molecular complexity index is 521. The van der Waals surface area contributed by atoms with Crippen LogP contribution in [0.4, 0.5) is 5.69 Å². The van der Waals surface area contributed by atoms with Crippen LogP contribution in [0.5, 0.6) is 0 Å². The van der Waals surface area contributed by atoms with Crippen molar-refractivity contribution in [3.63, 3.8) is 0 Å². The van der Waals surface area contributed by atoms with E-state index in [1.54, 1.807) is 11.0 Å². The lowest BCUT2D eigenvalue weighted by Gasteiger charge is -2.38. The first-order valence-electron chi connectivity index (χ1n) is 5.90. The average Bonchev–Trinajstić information content (AvgIpc) is 2.88. The minimum atomic E-state index is 0.255. The molecule has 6 nitrogen and oxygen atoms in total. The van der Waals surface area contributed by atoms with Crippen molar-refractivity contribution in [1.29, 1.82) is 0 Å². The quantitative estimate of drug-likeness (QED) is 0.874. The van der Waals surface area contributed by atoms with Crippen molar-refractivity contribution in [2.45, 2.75) is 6.92 Å². The largest absolute Gasteiger partial charge is 0.384 e. The van der Waals surface area contributed by atoms with Crippen LogP contribution in [0.25, 0.3) is 5.69 Å². The van der Waals surface area contributed by atoms with E-state index in [4.69, 9.17) is 4.74 Å². The fraction of sp³-hybridized carbons (Fsp3) is 0.417. The van der Waals surface area contributed by atoms with Crippen LogP contribution in [-0.4, -0.2) is 40.0 Å². The number of benzene rings is 1. The zero-order valence-corrected chi connectivity index (χ0v) is 10.2. The number of nitrogens with one attached hydrogen (secondary N) is 1. The maximum Gasteiger partial charge on any atom is 0.143 e. The first-order valence-corrected chi connectivity index (χ1v) is 5.90. The van der Waals surface area contributed by atoms with Crippen molar-refractivity contribution in [3.8, 4) is 5.69 Å². The summed E-state index contributed by atoms with van der Waals surface area (Å²) in [6.07, 6.45) is 1.58. The van der Waals surface area contributed by atoms with Crippen LogP contribution in [0, 0.1) is 5.41 Å². The Balaban J connectivity index is 1.71. The highest BCUT2D eigenvalue weighted by Crippen LogP contribution is 2.27. The lowest BCUT2D eigenvalue weighted by atomic mass is 9.89. The summed E-state index contributed by atoms with van der Waals surface area (Å²) in [6, 6.07) is 8.02. The third-order valence-corrected chi connectivity index (χ3v) is 3.08. The van der Waals surface area contributed by atoms with Crippen LogP contribution in [0.1, 0.15) is 6.92 Å². The molecule has 0 aliphatic carbocycles. The van der Waals surface area contributed by atoms with Gasteiger partial charge in [0.2, 0.25) is 0 Å². The van der Waals surface area contributed by atoms with Crippen LogP contribution in [0.3, 0.4) is 0 Å². The van der Waals surface area contributed by atoms with Gasteiger partial charge in [-0.2, -0.15) is 0 Å². The van der Waals surface area contributed by atoms with Gasteiger partial charge >= 0.3 is 0 Å². The summed E-state index contributed by atoms with van der Waals surface area (Å²) < 4.78 is 6.88. The fourth-order valence-electron chi connectivity index (χ4n) is 1.91. The molecule has 18 heavy (non-hydrogen) atoms. The molecule has 0 amide bonds. The van der Waals surface area contributed by atoms with Crippen molar-refractivity contribution in [2.75, 3.05) is 25.1 Å². The Morgan fingerprint density at radius 3 is 3.00 bits per heavy atom. The summed E-state index contributed by atoms with van der Waals surface area (Å²) in [5, 5.41) is 14.6. The predicted octanol–water partition coefficient (Wildman–Crippen LogP) is 1.11. The highest BCUT2D eigenvalue weighted by Gasteiger charge is 2.32. The molecule has 1 aromatic heterocycles. The van der Waals surface area contributed by atoms with E-state index in [1.165, 1.54) is 0 Å². The topological polar surface area (TPSA) is 64.9 Å². The second-order valence-corrected chi connectivity index (χ2v) is 4.96. The molecule has 0 atom stereocenters. The molecule has 1 saturated heterocycles. The second kappa shape index (κ2) is 4.38. The van der Waals surface area contributed by atoms with Crippen molar-refractivity contribution < 1.29 is 4.74 Å².